The molecule has 0 aromatic rings. The molecule has 1 aliphatic rings. The fourth-order valence-electron chi connectivity index (χ4n) is 1.41. The van der Waals surface area contributed by atoms with Crippen molar-refractivity contribution in [2.24, 2.45) is 11.8 Å². The van der Waals surface area contributed by atoms with Crippen molar-refractivity contribution in [3.05, 3.63) is 0 Å². The van der Waals surface area contributed by atoms with Crippen molar-refractivity contribution in [3.63, 3.8) is 0 Å². The maximum absolute atomic E-state index is 11.6. The van der Waals surface area contributed by atoms with E-state index in [2.05, 4.69) is 31.9 Å². The lowest BCUT2D eigenvalue weighted by atomic mass is 10.0. The zero-order chi connectivity index (χ0) is 11.9. The second kappa shape index (κ2) is 4.28. The summed E-state index contributed by atoms with van der Waals surface area (Å²) in [6.45, 7) is 0. The van der Waals surface area contributed by atoms with Gasteiger partial charge in [0.2, 0.25) is 8.47 Å². The minimum atomic E-state index is -3.51. The molecule has 0 unspecified atom stereocenters. The second-order valence-electron chi connectivity index (χ2n) is 3.32. The predicted octanol–water partition coefficient (Wildman–Crippen LogP) is -0.784. The number of carbonyl (C=O) groups is 1. The molecule has 6 nitrogen and oxygen atoms in total. The van der Waals surface area contributed by atoms with Crippen molar-refractivity contribution in [1.82, 2.24) is 5.43 Å². The first-order chi connectivity index (χ1) is 6.72. The van der Waals surface area contributed by atoms with Gasteiger partial charge in [-0.1, -0.05) is 31.9 Å². The van der Waals surface area contributed by atoms with Crippen LogP contribution in [0.5, 0.6) is 0 Å². The molecular weight excluding hydrogens is 356 g/mol. The summed E-state index contributed by atoms with van der Waals surface area (Å²) >= 11 is 5.79. The summed E-state index contributed by atoms with van der Waals surface area (Å²) in [6.07, 6.45) is -1.32. The van der Waals surface area contributed by atoms with Crippen molar-refractivity contribution >= 4 is 47.6 Å². The summed E-state index contributed by atoms with van der Waals surface area (Å²) in [5, 5.41) is 9.70. The molecule has 2 atom stereocenters. The second-order valence-corrected chi connectivity index (χ2v) is 10.1. The number of sulfone groups is 1. The number of hydrogen-bond donors (Lipinski definition) is 3. The molecule has 1 saturated heterocycles. The maximum atomic E-state index is 11.6. The fourth-order valence-corrected chi connectivity index (χ4v) is 4.60. The zero-order valence-corrected chi connectivity index (χ0v) is 11.5. The van der Waals surface area contributed by atoms with Crippen LogP contribution in [0.3, 0.4) is 0 Å². The van der Waals surface area contributed by atoms with E-state index in [-0.39, 0.29) is 12.2 Å². The normalized spacial score (nSPS) is 32.5. The van der Waals surface area contributed by atoms with Gasteiger partial charge in [0.05, 0.1) is 11.9 Å². The summed E-state index contributed by atoms with van der Waals surface area (Å²) in [5.74, 6) is 3.43. The Bertz CT molecular complexity index is 369. The number of alkyl halides is 2. The number of nitrogens with one attached hydrogen (secondary N) is 1. The number of hydrazine groups is 1. The molecule has 88 valence electrons. The molecule has 4 N–H and O–H groups in total. The Morgan fingerprint density at radius 2 is 2.13 bits per heavy atom. The van der Waals surface area contributed by atoms with Crippen molar-refractivity contribution in [1.29, 1.82) is 0 Å². The Hall–Kier alpha value is 0.300. The molecule has 0 saturated carbocycles. The highest BCUT2D eigenvalue weighted by atomic mass is 79.9. The summed E-state index contributed by atoms with van der Waals surface area (Å²) in [4.78, 5) is 11.0. The molecule has 15 heavy (non-hydrogen) atoms. The molecule has 1 amide bonds. The summed E-state index contributed by atoms with van der Waals surface area (Å²) in [5.41, 5.74) is 1.89. The fraction of sp³-hybridized carbons (Fsp3) is 0.833. The van der Waals surface area contributed by atoms with Gasteiger partial charge in [0, 0.05) is 12.3 Å². The molecule has 1 rings (SSSR count). The first-order valence-electron chi connectivity index (χ1n) is 4.00. The summed E-state index contributed by atoms with van der Waals surface area (Å²) < 4.78 is 21.6. The molecule has 0 bridgehead atoms. The van der Waals surface area contributed by atoms with Gasteiger partial charge in [-0.3, -0.25) is 10.2 Å². The molecule has 1 heterocycles. The van der Waals surface area contributed by atoms with E-state index in [4.69, 9.17) is 5.84 Å². The van der Waals surface area contributed by atoms with E-state index >= 15 is 0 Å². The number of carbonyl (C=O) groups excluding carboxylic acids is 1. The molecule has 9 heteroatoms. The molecule has 1 fully saturated rings. The number of hydrogen-bond acceptors (Lipinski definition) is 5. The lowest BCUT2D eigenvalue weighted by molar-refractivity contribution is -0.122. The van der Waals surface area contributed by atoms with Crippen molar-refractivity contribution in [2.75, 3.05) is 5.75 Å². The van der Waals surface area contributed by atoms with E-state index in [1.165, 1.54) is 0 Å². The summed E-state index contributed by atoms with van der Waals surface area (Å²) in [6, 6.07) is 0. The molecule has 0 aromatic carbocycles. The third kappa shape index (κ3) is 2.36. The van der Waals surface area contributed by atoms with Gasteiger partial charge in [0.15, 0.2) is 9.84 Å². The van der Waals surface area contributed by atoms with Crippen LogP contribution in [0.1, 0.15) is 6.42 Å². The molecule has 0 spiro atoms. The number of rotatable bonds is 2. The minimum Gasteiger partial charge on any atom is -0.389 e. The Kier molecular flexibility index (Phi) is 3.82. The topological polar surface area (TPSA) is 109 Å². The lowest BCUT2D eigenvalue weighted by Gasteiger charge is -2.19. The number of amides is 1. The van der Waals surface area contributed by atoms with E-state index in [0.29, 0.717) is 0 Å². The zero-order valence-electron chi connectivity index (χ0n) is 7.48. The van der Waals surface area contributed by atoms with Crippen LogP contribution < -0.4 is 11.3 Å². The average Bonchev–Trinajstić information content (AvgIpc) is 2.27. The average molecular weight is 366 g/mol. The maximum Gasteiger partial charge on any atom is 0.234 e. The molecular formula is C6H10Br2N2O4S. The van der Waals surface area contributed by atoms with E-state index in [1.54, 1.807) is 0 Å². The number of halogens is 2. The molecule has 0 aliphatic carbocycles. The quantitative estimate of drug-likeness (QED) is 0.257. The van der Waals surface area contributed by atoms with Crippen LogP contribution in [0.2, 0.25) is 0 Å². The highest BCUT2D eigenvalue weighted by Crippen LogP contribution is 2.47. The third-order valence-corrected chi connectivity index (χ3v) is 8.08. The van der Waals surface area contributed by atoms with Crippen LogP contribution in [0.25, 0.3) is 0 Å². The Morgan fingerprint density at radius 3 is 2.47 bits per heavy atom. The van der Waals surface area contributed by atoms with Gasteiger partial charge in [-0.15, -0.1) is 0 Å². The monoisotopic (exact) mass is 364 g/mol. The number of aliphatic hydroxyl groups excluding tert-OH is 1. The Labute approximate surface area is 104 Å². The van der Waals surface area contributed by atoms with Crippen LogP contribution in [0.15, 0.2) is 0 Å². The van der Waals surface area contributed by atoms with Crippen molar-refractivity contribution < 1.29 is 18.3 Å². The predicted molar refractivity (Wildman–Crippen MR) is 60.8 cm³/mol. The lowest BCUT2D eigenvalue weighted by Crippen LogP contribution is -2.36. The number of nitrogens with two attached hydrogens (primary N) is 1. The Balaban J connectivity index is 2.87. The Morgan fingerprint density at radius 1 is 1.60 bits per heavy atom. The first kappa shape index (κ1) is 13.4. The van der Waals surface area contributed by atoms with Crippen LogP contribution in [0.4, 0.5) is 0 Å². The van der Waals surface area contributed by atoms with E-state index < -0.39 is 30.3 Å². The standard InChI is InChI=1S/C6H10Br2N2O4S/c7-6(8)5(12)3(1-4(11)10-9)2-15(6,13)14/h3,5,12H,1-2,9H2,(H,10,11)/t3-,5-/m0/s1. The highest BCUT2D eigenvalue weighted by molar-refractivity contribution is 9.28. The third-order valence-electron chi connectivity index (χ3n) is 2.25. The largest absolute Gasteiger partial charge is 0.389 e. The van der Waals surface area contributed by atoms with E-state index in [0.717, 1.165) is 0 Å². The van der Waals surface area contributed by atoms with Crippen molar-refractivity contribution in [2.45, 2.75) is 15.1 Å². The van der Waals surface area contributed by atoms with Gasteiger partial charge in [0.25, 0.3) is 0 Å². The van der Waals surface area contributed by atoms with Gasteiger partial charge >= 0.3 is 0 Å². The smallest absolute Gasteiger partial charge is 0.234 e. The van der Waals surface area contributed by atoms with Gasteiger partial charge < -0.3 is 5.11 Å². The van der Waals surface area contributed by atoms with Crippen LogP contribution in [-0.2, 0) is 14.6 Å². The summed E-state index contributed by atoms with van der Waals surface area (Å²) in [7, 11) is -3.51. The van der Waals surface area contributed by atoms with Crippen LogP contribution in [0, 0.1) is 5.92 Å². The van der Waals surface area contributed by atoms with Gasteiger partial charge in [-0.05, 0) is 0 Å². The SMILES string of the molecule is NNC(=O)C[C@H]1CS(=O)(=O)C(Br)(Br)[C@H]1O. The van der Waals surface area contributed by atoms with Gasteiger partial charge in [-0.25, -0.2) is 14.3 Å². The number of aliphatic hydroxyl groups is 1. The first-order valence-corrected chi connectivity index (χ1v) is 7.24. The van der Waals surface area contributed by atoms with E-state index in [9.17, 15) is 18.3 Å². The van der Waals surface area contributed by atoms with Gasteiger partial charge in [0.1, 0.15) is 0 Å². The molecule has 1 aliphatic heterocycles. The van der Waals surface area contributed by atoms with Crippen LogP contribution >= 0.6 is 31.9 Å². The van der Waals surface area contributed by atoms with Crippen molar-refractivity contribution in [3.8, 4) is 0 Å². The molecule has 0 aromatic heterocycles. The van der Waals surface area contributed by atoms with E-state index in [1.807, 2.05) is 5.43 Å². The van der Waals surface area contributed by atoms with Gasteiger partial charge in [-0.2, -0.15) is 0 Å². The highest BCUT2D eigenvalue weighted by Gasteiger charge is 2.56. The van der Waals surface area contributed by atoms with Crippen LogP contribution in [-0.4, -0.2) is 33.9 Å². The molecule has 0 radical (unpaired) electrons. The minimum absolute atomic E-state index is 0.129.